The zero-order chi connectivity index (χ0) is 21.4. The van der Waals surface area contributed by atoms with E-state index >= 15 is 0 Å². The molecule has 0 radical (unpaired) electrons. The minimum atomic E-state index is -0.190. The number of para-hydroxylation sites is 1. The van der Waals surface area contributed by atoms with Crippen LogP contribution in [0.4, 0.5) is 5.69 Å². The van der Waals surface area contributed by atoms with Crippen molar-refractivity contribution in [3.63, 3.8) is 0 Å². The van der Waals surface area contributed by atoms with Crippen LogP contribution in [-0.4, -0.2) is 30.5 Å². The molecule has 1 amide bonds. The van der Waals surface area contributed by atoms with E-state index in [1.807, 2.05) is 45.8 Å². The normalized spacial score (nSPS) is 13.9. The lowest BCUT2D eigenvalue weighted by molar-refractivity contribution is 0.102. The SMILES string of the molecule is CC(C)n1ncc2cc(NC(=O)c3nn(-c4ccccc4)c4c3CCCCC4)cnc21. The van der Waals surface area contributed by atoms with Crippen molar-refractivity contribution in [1.82, 2.24) is 24.5 Å². The van der Waals surface area contributed by atoms with Crippen LogP contribution in [0, 0.1) is 0 Å². The first-order chi connectivity index (χ1) is 15.1. The highest BCUT2D eigenvalue weighted by molar-refractivity contribution is 6.04. The lowest BCUT2D eigenvalue weighted by atomic mass is 10.1. The Morgan fingerprint density at radius 1 is 1.06 bits per heavy atom. The Morgan fingerprint density at radius 2 is 1.87 bits per heavy atom. The van der Waals surface area contributed by atoms with E-state index in [9.17, 15) is 4.79 Å². The van der Waals surface area contributed by atoms with Crippen molar-refractivity contribution in [3.05, 3.63) is 65.7 Å². The Morgan fingerprint density at radius 3 is 2.68 bits per heavy atom. The molecular weight excluding hydrogens is 388 g/mol. The number of anilines is 1. The predicted octanol–water partition coefficient (Wildman–Crippen LogP) is 4.72. The number of rotatable bonds is 4. The predicted molar refractivity (Wildman–Crippen MR) is 121 cm³/mol. The van der Waals surface area contributed by atoms with E-state index in [0.717, 1.165) is 53.7 Å². The van der Waals surface area contributed by atoms with Crippen molar-refractivity contribution in [2.75, 3.05) is 5.32 Å². The van der Waals surface area contributed by atoms with E-state index in [1.165, 1.54) is 6.42 Å². The van der Waals surface area contributed by atoms with Crippen molar-refractivity contribution in [2.24, 2.45) is 0 Å². The smallest absolute Gasteiger partial charge is 0.276 e. The summed E-state index contributed by atoms with van der Waals surface area (Å²) in [6, 6.07) is 12.2. The second-order valence-electron chi connectivity index (χ2n) is 8.36. The van der Waals surface area contributed by atoms with Crippen LogP contribution in [-0.2, 0) is 12.8 Å². The van der Waals surface area contributed by atoms with Crippen molar-refractivity contribution >= 4 is 22.6 Å². The summed E-state index contributed by atoms with van der Waals surface area (Å²) in [5.41, 5.74) is 5.19. The summed E-state index contributed by atoms with van der Waals surface area (Å²) in [6.45, 7) is 4.14. The summed E-state index contributed by atoms with van der Waals surface area (Å²) >= 11 is 0. The molecule has 1 aliphatic carbocycles. The Balaban J connectivity index is 1.49. The number of hydrogen-bond donors (Lipinski definition) is 1. The Labute approximate surface area is 181 Å². The summed E-state index contributed by atoms with van der Waals surface area (Å²) < 4.78 is 3.83. The van der Waals surface area contributed by atoms with Gasteiger partial charge in [-0.05, 0) is 57.7 Å². The molecule has 0 fully saturated rings. The molecule has 1 N–H and O–H groups in total. The molecule has 158 valence electrons. The molecule has 5 rings (SSSR count). The van der Waals surface area contributed by atoms with Crippen molar-refractivity contribution in [2.45, 2.75) is 52.0 Å². The quantitative estimate of drug-likeness (QED) is 0.490. The highest BCUT2D eigenvalue weighted by Gasteiger charge is 2.25. The number of nitrogens with one attached hydrogen (secondary N) is 1. The van der Waals surface area contributed by atoms with Crippen LogP contribution in [0.25, 0.3) is 16.7 Å². The van der Waals surface area contributed by atoms with Crippen LogP contribution < -0.4 is 5.32 Å². The first-order valence-corrected chi connectivity index (χ1v) is 10.9. The largest absolute Gasteiger partial charge is 0.319 e. The van der Waals surface area contributed by atoms with Gasteiger partial charge in [-0.25, -0.2) is 14.3 Å². The van der Waals surface area contributed by atoms with Crippen molar-refractivity contribution < 1.29 is 4.79 Å². The zero-order valence-corrected chi connectivity index (χ0v) is 17.9. The lowest BCUT2D eigenvalue weighted by Gasteiger charge is -2.07. The van der Waals surface area contributed by atoms with Crippen molar-refractivity contribution in [1.29, 1.82) is 0 Å². The number of nitrogens with zero attached hydrogens (tertiary/aromatic N) is 5. The third-order valence-electron chi connectivity index (χ3n) is 5.83. The minimum Gasteiger partial charge on any atom is -0.319 e. The zero-order valence-electron chi connectivity index (χ0n) is 17.9. The summed E-state index contributed by atoms with van der Waals surface area (Å²) in [5.74, 6) is -0.190. The second-order valence-corrected chi connectivity index (χ2v) is 8.36. The van der Waals surface area contributed by atoms with Gasteiger partial charge in [0.1, 0.15) is 0 Å². The van der Waals surface area contributed by atoms with Crippen LogP contribution in [0.1, 0.15) is 60.9 Å². The van der Waals surface area contributed by atoms with Gasteiger partial charge in [0, 0.05) is 22.7 Å². The number of hydrogen-bond acceptors (Lipinski definition) is 4. The molecule has 0 bridgehead atoms. The Kier molecular flexibility index (Phi) is 5.02. The fourth-order valence-corrected chi connectivity index (χ4v) is 4.32. The molecule has 31 heavy (non-hydrogen) atoms. The number of fused-ring (bicyclic) bond motifs is 2. The molecule has 0 atom stereocenters. The maximum absolute atomic E-state index is 13.3. The molecule has 1 aliphatic rings. The average molecular weight is 415 g/mol. The average Bonchev–Trinajstić information content (AvgIpc) is 3.28. The van der Waals surface area contributed by atoms with E-state index < -0.39 is 0 Å². The molecular formula is C24H26N6O. The van der Waals surface area contributed by atoms with Crippen LogP contribution in [0.2, 0.25) is 0 Å². The van der Waals surface area contributed by atoms with E-state index in [2.05, 4.69) is 29.2 Å². The van der Waals surface area contributed by atoms with Gasteiger partial charge in [-0.2, -0.15) is 10.2 Å². The summed E-state index contributed by atoms with van der Waals surface area (Å²) in [4.78, 5) is 17.8. The summed E-state index contributed by atoms with van der Waals surface area (Å²) in [5, 5.41) is 13.1. The monoisotopic (exact) mass is 414 g/mol. The molecule has 0 saturated heterocycles. The van der Waals surface area contributed by atoms with Gasteiger partial charge in [0.25, 0.3) is 5.91 Å². The van der Waals surface area contributed by atoms with Crippen LogP contribution in [0.15, 0.2) is 48.8 Å². The summed E-state index contributed by atoms with van der Waals surface area (Å²) in [6.07, 6.45) is 8.66. The molecule has 0 aliphatic heterocycles. The number of carbonyl (C=O) groups is 1. The standard InChI is InChI=1S/C24H26N6O/c1-16(2)29-23-17(14-26-29)13-18(15-25-23)27-24(31)22-20-11-7-4-8-12-21(20)30(28-22)19-9-5-3-6-10-19/h3,5-6,9-10,13-16H,4,7-8,11-12H2,1-2H3,(H,27,31). The number of carbonyl (C=O) groups excluding carboxylic acids is 1. The van der Waals surface area contributed by atoms with Crippen LogP contribution in [0.3, 0.4) is 0 Å². The number of benzene rings is 1. The number of aromatic nitrogens is 5. The molecule has 7 nitrogen and oxygen atoms in total. The highest BCUT2D eigenvalue weighted by Crippen LogP contribution is 2.27. The number of pyridine rings is 1. The topological polar surface area (TPSA) is 77.6 Å². The van der Waals surface area contributed by atoms with Gasteiger partial charge in [-0.15, -0.1) is 0 Å². The second kappa shape index (κ2) is 7.98. The van der Waals surface area contributed by atoms with E-state index in [4.69, 9.17) is 5.10 Å². The van der Waals surface area contributed by atoms with E-state index in [-0.39, 0.29) is 11.9 Å². The van der Waals surface area contributed by atoms with E-state index in [0.29, 0.717) is 11.4 Å². The maximum atomic E-state index is 13.3. The Hall–Kier alpha value is -3.48. The molecule has 0 saturated carbocycles. The minimum absolute atomic E-state index is 0.190. The van der Waals surface area contributed by atoms with Gasteiger partial charge >= 0.3 is 0 Å². The van der Waals surface area contributed by atoms with E-state index in [1.54, 1.807) is 12.4 Å². The first-order valence-electron chi connectivity index (χ1n) is 10.9. The fraction of sp³-hybridized carbons (Fsp3) is 0.333. The van der Waals surface area contributed by atoms with Crippen LogP contribution >= 0.6 is 0 Å². The first kappa shape index (κ1) is 19.5. The molecule has 4 aromatic rings. The van der Waals surface area contributed by atoms with Gasteiger partial charge in [0.15, 0.2) is 11.3 Å². The molecule has 3 aromatic heterocycles. The third-order valence-corrected chi connectivity index (χ3v) is 5.83. The van der Waals surface area contributed by atoms with Crippen molar-refractivity contribution in [3.8, 4) is 5.69 Å². The molecule has 7 heteroatoms. The fourth-order valence-electron chi connectivity index (χ4n) is 4.32. The van der Waals surface area contributed by atoms with Gasteiger partial charge in [-0.1, -0.05) is 24.6 Å². The molecule has 0 spiro atoms. The van der Waals surface area contributed by atoms with Gasteiger partial charge in [0.2, 0.25) is 0 Å². The summed E-state index contributed by atoms with van der Waals surface area (Å²) in [7, 11) is 0. The number of amides is 1. The lowest BCUT2D eigenvalue weighted by Crippen LogP contribution is -2.15. The Bertz CT molecular complexity index is 1240. The third kappa shape index (κ3) is 3.60. The van der Waals surface area contributed by atoms with Gasteiger partial charge in [0.05, 0.1) is 23.8 Å². The van der Waals surface area contributed by atoms with Crippen LogP contribution in [0.5, 0.6) is 0 Å². The molecule has 3 heterocycles. The van der Waals surface area contributed by atoms with Gasteiger partial charge in [-0.3, -0.25) is 4.79 Å². The maximum Gasteiger partial charge on any atom is 0.276 e. The molecule has 1 aromatic carbocycles. The highest BCUT2D eigenvalue weighted by atomic mass is 16.2. The van der Waals surface area contributed by atoms with Gasteiger partial charge < -0.3 is 5.32 Å². The molecule has 0 unspecified atom stereocenters.